The minimum atomic E-state index is -0.252. The van der Waals surface area contributed by atoms with Crippen LogP contribution in [0.2, 0.25) is 0 Å². The number of fused-ring (bicyclic) bond motifs is 1. The van der Waals surface area contributed by atoms with E-state index in [2.05, 4.69) is 47.3 Å². The SMILES string of the molecule is Cc1nn(C)c(C)c1NC(=O)COc1c(Br)cc(Br)c2cccnc12. The smallest absolute Gasteiger partial charge is 0.262 e. The lowest BCUT2D eigenvalue weighted by Crippen LogP contribution is -2.21. The van der Waals surface area contributed by atoms with E-state index >= 15 is 0 Å². The van der Waals surface area contributed by atoms with Crippen molar-refractivity contribution < 1.29 is 9.53 Å². The van der Waals surface area contributed by atoms with Crippen molar-refractivity contribution >= 4 is 54.4 Å². The van der Waals surface area contributed by atoms with E-state index in [0.29, 0.717) is 17.0 Å². The third kappa shape index (κ3) is 3.55. The Bertz CT molecular complexity index is 969. The van der Waals surface area contributed by atoms with Crippen LogP contribution in [-0.4, -0.2) is 27.3 Å². The molecule has 2 heterocycles. The van der Waals surface area contributed by atoms with Crippen LogP contribution in [0, 0.1) is 13.8 Å². The van der Waals surface area contributed by atoms with Gasteiger partial charge in [0.15, 0.2) is 12.4 Å². The number of nitrogens with one attached hydrogen (secondary N) is 1. The molecule has 0 unspecified atom stereocenters. The molecule has 0 fully saturated rings. The normalized spacial score (nSPS) is 10.9. The number of carbonyl (C=O) groups is 1. The van der Waals surface area contributed by atoms with Gasteiger partial charge >= 0.3 is 0 Å². The molecule has 0 saturated heterocycles. The Morgan fingerprint density at radius 2 is 2.08 bits per heavy atom. The topological polar surface area (TPSA) is 69.0 Å². The molecule has 0 spiro atoms. The number of amides is 1. The molecule has 8 heteroatoms. The summed E-state index contributed by atoms with van der Waals surface area (Å²) in [7, 11) is 1.84. The number of anilines is 1. The van der Waals surface area contributed by atoms with Gasteiger partial charge in [0.1, 0.15) is 5.52 Å². The maximum Gasteiger partial charge on any atom is 0.262 e. The average Bonchev–Trinajstić information content (AvgIpc) is 2.81. The van der Waals surface area contributed by atoms with Gasteiger partial charge in [0.05, 0.1) is 21.5 Å². The van der Waals surface area contributed by atoms with Gasteiger partial charge in [-0.25, -0.2) is 0 Å². The molecule has 130 valence electrons. The molecule has 3 rings (SSSR count). The Hall–Kier alpha value is -1.93. The molecule has 0 atom stereocenters. The lowest BCUT2D eigenvalue weighted by molar-refractivity contribution is -0.118. The second-order valence-corrected chi connectivity index (χ2v) is 7.28. The largest absolute Gasteiger partial charge is 0.480 e. The van der Waals surface area contributed by atoms with Gasteiger partial charge in [-0.2, -0.15) is 5.10 Å². The quantitative estimate of drug-likeness (QED) is 0.626. The van der Waals surface area contributed by atoms with Gasteiger partial charge in [0.25, 0.3) is 5.91 Å². The minimum absolute atomic E-state index is 0.125. The fraction of sp³-hybridized carbons (Fsp3) is 0.235. The highest BCUT2D eigenvalue weighted by Gasteiger charge is 2.16. The molecular formula is C17H16Br2N4O2. The summed E-state index contributed by atoms with van der Waals surface area (Å²) in [5, 5.41) is 8.06. The number of rotatable bonds is 4. The zero-order valence-corrected chi connectivity index (χ0v) is 17.1. The number of hydrogen-bond acceptors (Lipinski definition) is 4. The first kappa shape index (κ1) is 17.9. The first-order chi connectivity index (χ1) is 11.9. The summed E-state index contributed by atoms with van der Waals surface area (Å²) in [5.41, 5.74) is 3.06. The fourth-order valence-electron chi connectivity index (χ4n) is 2.55. The Morgan fingerprint density at radius 1 is 1.32 bits per heavy atom. The van der Waals surface area contributed by atoms with Crippen LogP contribution >= 0.6 is 31.9 Å². The van der Waals surface area contributed by atoms with Gasteiger partial charge in [-0.05, 0) is 41.9 Å². The van der Waals surface area contributed by atoms with Crippen LogP contribution in [0.1, 0.15) is 11.4 Å². The maximum absolute atomic E-state index is 12.3. The molecule has 0 radical (unpaired) electrons. The van der Waals surface area contributed by atoms with Gasteiger partial charge in [-0.1, -0.05) is 22.0 Å². The number of benzene rings is 1. The lowest BCUT2D eigenvalue weighted by atomic mass is 10.2. The van der Waals surface area contributed by atoms with Crippen LogP contribution in [0.25, 0.3) is 10.9 Å². The molecule has 0 bridgehead atoms. The van der Waals surface area contributed by atoms with Crippen molar-refractivity contribution in [2.45, 2.75) is 13.8 Å². The summed E-state index contributed by atoms with van der Waals surface area (Å²) in [6.07, 6.45) is 1.69. The summed E-state index contributed by atoms with van der Waals surface area (Å²) < 4.78 is 9.12. The number of pyridine rings is 1. The average molecular weight is 468 g/mol. The lowest BCUT2D eigenvalue weighted by Gasteiger charge is -2.12. The minimum Gasteiger partial charge on any atom is -0.480 e. The highest BCUT2D eigenvalue weighted by atomic mass is 79.9. The van der Waals surface area contributed by atoms with Gasteiger partial charge < -0.3 is 10.1 Å². The van der Waals surface area contributed by atoms with Crippen molar-refractivity contribution in [3.63, 3.8) is 0 Å². The predicted octanol–water partition coefficient (Wildman–Crippen LogP) is 4.13. The Balaban J connectivity index is 1.80. The van der Waals surface area contributed by atoms with Crippen molar-refractivity contribution in [2.75, 3.05) is 11.9 Å². The van der Waals surface area contributed by atoms with E-state index in [1.54, 1.807) is 10.9 Å². The van der Waals surface area contributed by atoms with E-state index in [4.69, 9.17) is 4.74 Å². The van der Waals surface area contributed by atoms with E-state index in [1.165, 1.54) is 0 Å². The third-order valence-electron chi connectivity index (χ3n) is 3.87. The number of hydrogen-bond donors (Lipinski definition) is 1. The summed E-state index contributed by atoms with van der Waals surface area (Å²) in [6, 6.07) is 5.67. The first-order valence-electron chi connectivity index (χ1n) is 7.54. The molecule has 2 aromatic heterocycles. The maximum atomic E-state index is 12.3. The van der Waals surface area contributed by atoms with Gasteiger partial charge in [0, 0.05) is 23.1 Å². The number of nitrogens with zero attached hydrogens (tertiary/aromatic N) is 3. The number of carbonyl (C=O) groups excluding carboxylic acids is 1. The summed E-state index contributed by atoms with van der Waals surface area (Å²) in [5.74, 6) is 0.284. The number of aryl methyl sites for hydroxylation is 2. The Kier molecular flexibility index (Phi) is 5.10. The second-order valence-electron chi connectivity index (χ2n) is 5.58. The Morgan fingerprint density at radius 3 is 2.76 bits per heavy atom. The van der Waals surface area contributed by atoms with Crippen molar-refractivity contribution in [1.82, 2.24) is 14.8 Å². The number of aromatic nitrogens is 3. The van der Waals surface area contributed by atoms with E-state index in [1.807, 2.05) is 39.1 Å². The third-order valence-corrected chi connectivity index (χ3v) is 5.12. The number of ether oxygens (including phenoxy) is 1. The zero-order chi connectivity index (χ0) is 18.1. The predicted molar refractivity (Wildman–Crippen MR) is 104 cm³/mol. The molecular weight excluding hydrogens is 452 g/mol. The second kappa shape index (κ2) is 7.13. The Labute approximate surface area is 161 Å². The van der Waals surface area contributed by atoms with Crippen LogP contribution in [0.4, 0.5) is 5.69 Å². The molecule has 0 saturated carbocycles. The van der Waals surface area contributed by atoms with Crippen molar-refractivity contribution in [2.24, 2.45) is 7.05 Å². The van der Waals surface area contributed by atoms with E-state index in [9.17, 15) is 4.79 Å². The molecule has 1 aromatic carbocycles. The standard InChI is InChI=1S/C17H16Br2N4O2/c1-9-15(10(2)23(3)22-9)21-14(24)8-25-17-13(19)7-12(18)11-5-4-6-20-16(11)17/h4-7H,8H2,1-3H3,(H,21,24). The molecule has 0 aliphatic carbocycles. The molecule has 25 heavy (non-hydrogen) atoms. The van der Waals surface area contributed by atoms with Crippen LogP contribution in [-0.2, 0) is 11.8 Å². The molecule has 0 aliphatic rings. The van der Waals surface area contributed by atoms with Gasteiger partial charge in [-0.15, -0.1) is 0 Å². The number of halogens is 2. The molecule has 0 aliphatic heterocycles. The summed E-state index contributed by atoms with van der Waals surface area (Å²) >= 11 is 6.98. The van der Waals surface area contributed by atoms with Crippen LogP contribution in [0.5, 0.6) is 5.75 Å². The van der Waals surface area contributed by atoms with Crippen molar-refractivity contribution in [3.8, 4) is 5.75 Å². The molecule has 6 nitrogen and oxygen atoms in total. The van der Waals surface area contributed by atoms with Crippen molar-refractivity contribution in [3.05, 3.63) is 44.7 Å². The van der Waals surface area contributed by atoms with Gasteiger partial charge in [-0.3, -0.25) is 14.5 Å². The zero-order valence-electron chi connectivity index (χ0n) is 13.9. The van der Waals surface area contributed by atoms with Crippen LogP contribution in [0.3, 0.4) is 0 Å². The van der Waals surface area contributed by atoms with E-state index < -0.39 is 0 Å². The fourth-order valence-corrected chi connectivity index (χ4v) is 3.94. The van der Waals surface area contributed by atoms with Crippen LogP contribution < -0.4 is 10.1 Å². The first-order valence-corrected chi connectivity index (χ1v) is 9.12. The summed E-state index contributed by atoms with van der Waals surface area (Å²) in [6.45, 7) is 3.63. The highest BCUT2D eigenvalue weighted by molar-refractivity contribution is 9.11. The van der Waals surface area contributed by atoms with E-state index in [-0.39, 0.29) is 12.5 Å². The highest BCUT2D eigenvalue weighted by Crippen LogP contribution is 2.37. The van der Waals surface area contributed by atoms with E-state index in [0.717, 1.165) is 25.7 Å². The monoisotopic (exact) mass is 466 g/mol. The molecule has 1 amide bonds. The van der Waals surface area contributed by atoms with Gasteiger partial charge in [0.2, 0.25) is 0 Å². The molecule has 3 aromatic rings. The van der Waals surface area contributed by atoms with Crippen LogP contribution in [0.15, 0.2) is 33.3 Å². The molecule has 1 N–H and O–H groups in total. The summed E-state index contributed by atoms with van der Waals surface area (Å²) in [4.78, 5) is 16.7. The van der Waals surface area contributed by atoms with Crippen molar-refractivity contribution in [1.29, 1.82) is 0 Å².